The highest BCUT2D eigenvalue weighted by Crippen LogP contribution is 2.49. The van der Waals surface area contributed by atoms with Gasteiger partial charge >= 0.3 is 18.0 Å². The lowest BCUT2D eigenvalue weighted by Crippen LogP contribution is -2.63. The molecule has 6 amide bonds. The Morgan fingerprint density at radius 2 is 1.84 bits per heavy atom. The Bertz CT molecular complexity index is 2190. The highest BCUT2D eigenvalue weighted by atomic mass is 35.5. The van der Waals surface area contributed by atoms with Gasteiger partial charge in [0.2, 0.25) is 29.5 Å². The first-order valence-corrected chi connectivity index (χ1v) is 22.8. The van der Waals surface area contributed by atoms with Crippen molar-refractivity contribution in [3.8, 4) is 5.75 Å². The van der Waals surface area contributed by atoms with Crippen LogP contribution in [0.3, 0.4) is 0 Å². The number of fused-ring (bicyclic) bond motifs is 5. The quantitative estimate of drug-likeness (QED) is 0.0999. The number of carboxylic acid groups (broad SMARTS) is 1. The number of benzene rings is 1. The molecule has 4 aliphatic heterocycles. The second-order valence-corrected chi connectivity index (χ2v) is 18.9. The summed E-state index contributed by atoms with van der Waals surface area (Å²) >= 11 is 7.77. The Labute approximate surface area is 396 Å². The minimum atomic E-state index is -1.90. The van der Waals surface area contributed by atoms with E-state index in [-0.39, 0.29) is 30.0 Å². The molecule has 3 fully saturated rings. The van der Waals surface area contributed by atoms with Crippen LogP contribution < -0.4 is 20.3 Å². The maximum absolute atomic E-state index is 14.3. The van der Waals surface area contributed by atoms with E-state index in [4.69, 9.17) is 45.5 Å². The number of thioether (sulfide) groups is 1. The van der Waals surface area contributed by atoms with Crippen LogP contribution >= 0.6 is 23.4 Å². The number of aliphatic hydroxyl groups is 2. The number of anilines is 1. The van der Waals surface area contributed by atoms with Crippen molar-refractivity contribution in [1.82, 2.24) is 20.4 Å². The van der Waals surface area contributed by atoms with E-state index in [1.165, 1.54) is 40.1 Å². The van der Waals surface area contributed by atoms with E-state index in [1.54, 1.807) is 38.1 Å². The topological polar surface area (TPSA) is 280 Å². The molecule has 0 saturated carbocycles. The van der Waals surface area contributed by atoms with Crippen LogP contribution in [0.15, 0.2) is 35.9 Å². The molecule has 4 heterocycles. The molecule has 0 radical (unpaired) electrons. The van der Waals surface area contributed by atoms with Crippen molar-refractivity contribution in [2.75, 3.05) is 52.1 Å². The number of aliphatic carboxylic acids is 1. The first-order chi connectivity index (χ1) is 31.5. The van der Waals surface area contributed by atoms with Gasteiger partial charge in [-0.25, -0.2) is 14.4 Å². The Hall–Kier alpha value is -5.26. The van der Waals surface area contributed by atoms with Crippen molar-refractivity contribution in [3.63, 3.8) is 0 Å². The summed E-state index contributed by atoms with van der Waals surface area (Å²) in [6.45, 7) is 5.05. The summed E-state index contributed by atoms with van der Waals surface area (Å²) in [4.78, 5) is 107. The number of allylic oxidation sites excluding steroid dienone is 3. The Balaban J connectivity index is 1.33. The van der Waals surface area contributed by atoms with Gasteiger partial charge in [-0.3, -0.25) is 34.2 Å². The number of carboxylic acids is 1. The molecule has 4 bridgehead atoms. The van der Waals surface area contributed by atoms with Crippen molar-refractivity contribution in [2.24, 2.45) is 5.92 Å². The van der Waals surface area contributed by atoms with Gasteiger partial charge in [0.15, 0.2) is 5.72 Å². The Morgan fingerprint density at radius 1 is 1.13 bits per heavy atom. The number of rotatable bonds is 14. The van der Waals surface area contributed by atoms with Crippen LogP contribution in [0, 0.1) is 5.92 Å². The van der Waals surface area contributed by atoms with Gasteiger partial charge in [0.25, 0.3) is 0 Å². The van der Waals surface area contributed by atoms with Gasteiger partial charge < -0.3 is 54.1 Å². The molecule has 23 heteroatoms. The molecule has 1 aromatic rings. The zero-order valence-electron chi connectivity index (χ0n) is 38.4. The van der Waals surface area contributed by atoms with E-state index < -0.39 is 126 Å². The number of hydrogen-bond acceptors (Lipinski definition) is 16. The summed E-state index contributed by atoms with van der Waals surface area (Å²) in [7, 11) is 5.73. The number of halogens is 1. The number of alkyl carbamates (subject to hydrolysis) is 1. The SMILES string of the molecule is COc1cc2cc(c1Cl)N(C)C(=O)C[C@H](OC(=O)[C@H](C)N(C)C(=O)CCSC1CC(=O)N(CC(=O)NC(CO)C(=O)O)C1=O)[C@]1(C)O[C@H]1[C@H](C)[C@@H]1C[C@@](O)(NC(=O)O1)[C@H](OC)/C=C/C=C(\C)C2. The van der Waals surface area contributed by atoms with Gasteiger partial charge in [0.05, 0.1) is 37.2 Å². The lowest BCUT2D eigenvalue weighted by molar-refractivity contribution is -0.162. The van der Waals surface area contributed by atoms with Gasteiger partial charge in [-0.15, -0.1) is 11.8 Å². The van der Waals surface area contributed by atoms with Crippen LogP contribution in [-0.4, -0.2) is 173 Å². The summed E-state index contributed by atoms with van der Waals surface area (Å²) in [5, 5.41) is 33.8. The molecular weight excluding hydrogens is 922 g/mol. The number of carbonyl (C=O) groups excluding carboxylic acids is 7. The zero-order valence-corrected chi connectivity index (χ0v) is 40.0. The molecule has 368 valence electrons. The summed E-state index contributed by atoms with van der Waals surface area (Å²) in [5.41, 5.74) is -1.31. The molecule has 1 aromatic carbocycles. The van der Waals surface area contributed by atoms with E-state index in [2.05, 4.69) is 5.32 Å². The molecule has 4 aliphatic rings. The summed E-state index contributed by atoms with van der Waals surface area (Å²) in [6.07, 6.45) is -0.344. The largest absolute Gasteiger partial charge is 0.495 e. The fraction of sp³-hybridized carbons (Fsp3) is 0.591. The van der Waals surface area contributed by atoms with Gasteiger partial charge in [0.1, 0.15) is 53.3 Å². The first-order valence-electron chi connectivity index (χ1n) is 21.4. The number of epoxide rings is 1. The lowest BCUT2D eigenvalue weighted by Gasteiger charge is -2.42. The van der Waals surface area contributed by atoms with E-state index >= 15 is 0 Å². The third kappa shape index (κ3) is 12.1. The van der Waals surface area contributed by atoms with E-state index in [9.17, 15) is 43.5 Å². The fourth-order valence-corrected chi connectivity index (χ4v) is 9.62. The number of likely N-dealkylation sites (tertiary alicyclic amines) is 1. The molecular formula is C44H58ClN5O16S. The molecule has 0 aromatic heterocycles. The van der Waals surface area contributed by atoms with Gasteiger partial charge in [-0.2, -0.15) is 0 Å². The van der Waals surface area contributed by atoms with Crippen molar-refractivity contribution in [2.45, 2.75) is 113 Å². The number of ether oxygens (including phenoxy) is 5. The second-order valence-electron chi connectivity index (χ2n) is 17.2. The number of nitrogens with zero attached hydrogens (tertiary/aromatic N) is 3. The van der Waals surface area contributed by atoms with Crippen LogP contribution in [0.1, 0.15) is 58.9 Å². The van der Waals surface area contributed by atoms with Crippen LogP contribution in [0.4, 0.5) is 10.5 Å². The summed E-state index contributed by atoms with van der Waals surface area (Å²) in [5.74, 6) is -6.05. The average Bonchev–Trinajstić information content (AvgIpc) is 3.90. The first kappa shape index (κ1) is 52.7. The normalized spacial score (nSPS) is 29.9. The highest BCUT2D eigenvalue weighted by molar-refractivity contribution is 8.00. The zero-order chi connectivity index (χ0) is 49.7. The van der Waals surface area contributed by atoms with Crippen LogP contribution in [0.2, 0.25) is 5.02 Å². The standard InChI is InChI=1S/C44H58ClN5O16S/c1-22-10-9-11-31(63-8)44(61)19-29(64-42(60)47-44)23(2)38-43(4,66-38)32(18-35(54)49(6)27-15-25(14-22)16-28(62-7)37(27)45)65-41(59)24(3)48(5)34(53)12-13-67-30-17-36(55)50(39(30)56)20-33(52)46-26(21-51)40(57)58/h9-11,15-16,23-24,26,29-32,38,51,61H,12-14,17-21H2,1-8H3,(H,46,52)(H,47,60)(H,57,58)/b11-9+,22-10+/t23-,24+,26?,29+,30?,31-,32+,38+,43+,44+/m1/s1. The van der Waals surface area contributed by atoms with E-state index in [0.717, 1.165) is 27.8 Å². The molecule has 5 rings (SSSR count). The monoisotopic (exact) mass is 979 g/mol. The average molecular weight is 980 g/mol. The van der Waals surface area contributed by atoms with Crippen molar-refractivity contribution < 1.29 is 77.4 Å². The number of hydrogen-bond donors (Lipinski definition) is 5. The second kappa shape index (κ2) is 21.8. The molecule has 5 N–H and O–H groups in total. The van der Waals surface area contributed by atoms with Crippen molar-refractivity contribution >= 4 is 76.6 Å². The van der Waals surface area contributed by atoms with Crippen LogP contribution in [-0.2, 0) is 58.9 Å². The van der Waals surface area contributed by atoms with Crippen LogP contribution in [0.5, 0.6) is 5.75 Å². The number of amides is 6. The van der Waals surface area contributed by atoms with Gasteiger partial charge in [-0.05, 0) is 44.9 Å². The third-order valence-corrected chi connectivity index (χ3v) is 14.1. The Morgan fingerprint density at radius 3 is 2.48 bits per heavy atom. The van der Waals surface area contributed by atoms with Crippen LogP contribution in [0.25, 0.3) is 0 Å². The third-order valence-electron chi connectivity index (χ3n) is 12.5. The summed E-state index contributed by atoms with van der Waals surface area (Å²) < 4.78 is 29.2. The number of nitrogens with one attached hydrogen (secondary N) is 2. The maximum atomic E-state index is 14.3. The Kier molecular flexibility index (Phi) is 17.1. The van der Waals surface area contributed by atoms with Crippen molar-refractivity contribution in [1.29, 1.82) is 0 Å². The maximum Gasteiger partial charge on any atom is 0.409 e. The molecule has 2 unspecified atom stereocenters. The van der Waals surface area contributed by atoms with Gasteiger partial charge in [-0.1, -0.05) is 42.3 Å². The minimum Gasteiger partial charge on any atom is -0.495 e. The molecule has 3 saturated heterocycles. The summed E-state index contributed by atoms with van der Waals surface area (Å²) in [6, 6.07) is 0.661. The number of methoxy groups -OCH3 is 2. The lowest BCUT2D eigenvalue weighted by atomic mass is 9.83. The van der Waals surface area contributed by atoms with Crippen molar-refractivity contribution in [3.05, 3.63) is 46.5 Å². The predicted molar refractivity (Wildman–Crippen MR) is 240 cm³/mol. The molecule has 67 heavy (non-hydrogen) atoms. The smallest absolute Gasteiger partial charge is 0.409 e. The molecule has 0 spiro atoms. The predicted octanol–water partition coefficient (Wildman–Crippen LogP) is 1.33. The fourth-order valence-electron chi connectivity index (χ4n) is 8.20. The van der Waals surface area contributed by atoms with E-state index in [0.29, 0.717) is 22.8 Å². The molecule has 0 aliphatic carbocycles. The molecule has 21 nitrogen and oxygen atoms in total. The highest BCUT2D eigenvalue weighted by Gasteiger charge is 2.64. The minimum absolute atomic E-state index is 0.0391. The number of likely N-dealkylation sites (N-methyl/N-ethyl adjacent to an activating group) is 1. The number of aliphatic hydroxyl groups excluding tert-OH is 1. The number of esters is 1. The van der Waals surface area contributed by atoms with Gasteiger partial charge in [0, 0.05) is 52.1 Å². The number of carbonyl (C=O) groups is 8. The number of imide groups is 1. The van der Waals surface area contributed by atoms with E-state index in [1.807, 2.05) is 18.3 Å². The molecule has 10 atom stereocenters.